The molecule has 1 aromatic rings. The Kier molecular flexibility index (Phi) is 6.03. The van der Waals surface area contributed by atoms with Crippen LogP contribution in [0.3, 0.4) is 0 Å². The second-order valence-corrected chi connectivity index (χ2v) is 5.21. The summed E-state index contributed by atoms with van der Waals surface area (Å²) in [5.41, 5.74) is 2.30. The van der Waals surface area contributed by atoms with Crippen LogP contribution in [-0.4, -0.2) is 46.9 Å². The smallest absolute Gasteiger partial charge is 0.221 e. The van der Waals surface area contributed by atoms with E-state index >= 15 is 0 Å². The van der Waals surface area contributed by atoms with Crippen molar-refractivity contribution in [2.45, 2.75) is 18.9 Å². The van der Waals surface area contributed by atoms with Crippen LogP contribution in [0.4, 0.5) is 0 Å². The van der Waals surface area contributed by atoms with E-state index in [1.165, 1.54) is 5.56 Å². The highest BCUT2D eigenvalue weighted by molar-refractivity contribution is 5.77. The quantitative estimate of drug-likeness (QED) is 0.737. The lowest BCUT2D eigenvalue weighted by atomic mass is 9.91. The number of hydrogen-bond donors (Lipinski definition) is 2. The Bertz CT molecular complexity index is 519. The molecule has 0 saturated carbocycles. The van der Waals surface area contributed by atoms with Crippen molar-refractivity contribution in [1.29, 1.82) is 0 Å². The van der Waals surface area contributed by atoms with Crippen molar-refractivity contribution in [3.63, 3.8) is 0 Å². The van der Waals surface area contributed by atoms with Crippen LogP contribution in [0.2, 0.25) is 0 Å². The van der Waals surface area contributed by atoms with E-state index in [0.29, 0.717) is 25.3 Å². The summed E-state index contributed by atoms with van der Waals surface area (Å²) in [6.07, 6.45) is 1.31. The third-order valence-electron chi connectivity index (χ3n) is 3.82. The SMILES string of the molecule is COCCNC(=O)CC1NCCc2cc(OC)c(OC)cc21. The van der Waals surface area contributed by atoms with Crippen molar-refractivity contribution < 1.29 is 19.0 Å². The van der Waals surface area contributed by atoms with Gasteiger partial charge in [0.25, 0.3) is 0 Å². The number of amides is 1. The van der Waals surface area contributed by atoms with Crippen LogP contribution < -0.4 is 20.1 Å². The van der Waals surface area contributed by atoms with Gasteiger partial charge in [-0.2, -0.15) is 0 Å². The molecule has 1 aromatic carbocycles. The van der Waals surface area contributed by atoms with Crippen LogP contribution in [0.1, 0.15) is 23.6 Å². The van der Waals surface area contributed by atoms with Gasteiger partial charge >= 0.3 is 0 Å². The molecular weight excluding hydrogens is 284 g/mol. The van der Waals surface area contributed by atoms with Crippen LogP contribution >= 0.6 is 0 Å². The zero-order valence-corrected chi connectivity index (χ0v) is 13.4. The van der Waals surface area contributed by atoms with Crippen molar-refractivity contribution >= 4 is 5.91 Å². The second kappa shape index (κ2) is 8.00. The molecule has 6 heteroatoms. The molecule has 0 bridgehead atoms. The largest absolute Gasteiger partial charge is 0.493 e. The van der Waals surface area contributed by atoms with Gasteiger partial charge in [0.05, 0.1) is 20.8 Å². The highest BCUT2D eigenvalue weighted by atomic mass is 16.5. The Labute approximate surface area is 131 Å². The van der Waals surface area contributed by atoms with E-state index in [0.717, 1.165) is 24.3 Å². The lowest BCUT2D eigenvalue weighted by Crippen LogP contribution is -2.35. The first-order valence-electron chi connectivity index (χ1n) is 7.43. The summed E-state index contributed by atoms with van der Waals surface area (Å²) in [4.78, 5) is 12.0. The molecule has 2 rings (SSSR count). The maximum absolute atomic E-state index is 12.0. The Morgan fingerprint density at radius 2 is 2.00 bits per heavy atom. The van der Waals surface area contributed by atoms with Crippen LogP contribution in [0, 0.1) is 0 Å². The molecular formula is C16H24N2O4. The number of carbonyl (C=O) groups excluding carboxylic acids is 1. The summed E-state index contributed by atoms with van der Waals surface area (Å²) in [6.45, 7) is 1.89. The highest BCUT2D eigenvalue weighted by Gasteiger charge is 2.24. The summed E-state index contributed by atoms with van der Waals surface area (Å²) < 4.78 is 15.6. The van der Waals surface area contributed by atoms with Crippen molar-refractivity contribution in [2.24, 2.45) is 0 Å². The van der Waals surface area contributed by atoms with Crippen molar-refractivity contribution in [3.8, 4) is 11.5 Å². The van der Waals surface area contributed by atoms with E-state index in [9.17, 15) is 4.79 Å². The second-order valence-electron chi connectivity index (χ2n) is 5.21. The first-order valence-corrected chi connectivity index (χ1v) is 7.43. The van der Waals surface area contributed by atoms with E-state index in [1.54, 1.807) is 21.3 Å². The molecule has 0 aliphatic carbocycles. The minimum Gasteiger partial charge on any atom is -0.493 e. The Morgan fingerprint density at radius 3 is 2.68 bits per heavy atom. The fourth-order valence-corrected chi connectivity index (χ4v) is 2.70. The molecule has 0 saturated heterocycles. The molecule has 122 valence electrons. The first kappa shape index (κ1) is 16.6. The minimum absolute atomic E-state index is 0.00824. The van der Waals surface area contributed by atoms with E-state index in [2.05, 4.69) is 10.6 Å². The van der Waals surface area contributed by atoms with Gasteiger partial charge in [-0.05, 0) is 36.2 Å². The molecule has 2 N–H and O–H groups in total. The molecule has 0 aromatic heterocycles. The number of fused-ring (bicyclic) bond motifs is 1. The maximum Gasteiger partial charge on any atom is 0.221 e. The van der Waals surface area contributed by atoms with E-state index in [1.807, 2.05) is 12.1 Å². The third kappa shape index (κ3) is 3.90. The third-order valence-corrected chi connectivity index (χ3v) is 3.82. The van der Waals surface area contributed by atoms with Crippen LogP contribution in [0.5, 0.6) is 11.5 Å². The van der Waals surface area contributed by atoms with Gasteiger partial charge in [0.15, 0.2) is 11.5 Å². The number of benzene rings is 1. The number of methoxy groups -OCH3 is 3. The van der Waals surface area contributed by atoms with Crippen LogP contribution in [0.25, 0.3) is 0 Å². The fourth-order valence-electron chi connectivity index (χ4n) is 2.70. The average Bonchev–Trinajstić information content (AvgIpc) is 2.54. The predicted molar refractivity (Wildman–Crippen MR) is 83.5 cm³/mol. The Balaban J connectivity index is 2.12. The van der Waals surface area contributed by atoms with Gasteiger partial charge in [-0.3, -0.25) is 4.79 Å². The van der Waals surface area contributed by atoms with Crippen molar-refractivity contribution in [2.75, 3.05) is 41.0 Å². The molecule has 0 fully saturated rings. The van der Waals surface area contributed by atoms with Gasteiger partial charge in [0.1, 0.15) is 0 Å². The van der Waals surface area contributed by atoms with Gasteiger partial charge < -0.3 is 24.8 Å². The standard InChI is InChI=1S/C16H24N2O4/c1-20-7-6-18-16(19)10-13-12-9-15(22-3)14(21-2)8-11(12)4-5-17-13/h8-9,13,17H,4-7,10H2,1-3H3,(H,18,19). The topological polar surface area (TPSA) is 68.8 Å². The summed E-state index contributed by atoms with van der Waals surface area (Å²) >= 11 is 0. The van der Waals surface area contributed by atoms with Gasteiger partial charge in [0, 0.05) is 26.1 Å². The number of carbonyl (C=O) groups is 1. The highest BCUT2D eigenvalue weighted by Crippen LogP contribution is 2.36. The number of rotatable bonds is 7. The lowest BCUT2D eigenvalue weighted by molar-refractivity contribution is -0.121. The molecule has 1 atom stereocenters. The molecule has 1 aliphatic rings. The normalized spacial score (nSPS) is 16.8. The molecule has 0 spiro atoms. The fraction of sp³-hybridized carbons (Fsp3) is 0.562. The molecule has 6 nitrogen and oxygen atoms in total. The Morgan fingerprint density at radius 1 is 1.27 bits per heavy atom. The predicted octanol–water partition coefficient (Wildman–Crippen LogP) is 1.04. The molecule has 22 heavy (non-hydrogen) atoms. The van der Waals surface area contributed by atoms with E-state index in [4.69, 9.17) is 14.2 Å². The molecule has 1 unspecified atom stereocenters. The summed E-state index contributed by atoms with van der Waals surface area (Å²) in [5.74, 6) is 1.43. The number of nitrogens with one attached hydrogen (secondary N) is 2. The van der Waals surface area contributed by atoms with Gasteiger partial charge in [-0.15, -0.1) is 0 Å². The maximum atomic E-state index is 12.0. The zero-order valence-electron chi connectivity index (χ0n) is 13.4. The average molecular weight is 308 g/mol. The van der Waals surface area contributed by atoms with Gasteiger partial charge in [-0.25, -0.2) is 0 Å². The molecule has 1 aliphatic heterocycles. The summed E-state index contributed by atoms with van der Waals surface area (Å²) in [5, 5.41) is 6.25. The lowest BCUT2D eigenvalue weighted by Gasteiger charge is -2.27. The van der Waals surface area contributed by atoms with Crippen LogP contribution in [0.15, 0.2) is 12.1 Å². The first-order chi connectivity index (χ1) is 10.7. The zero-order chi connectivity index (χ0) is 15.9. The minimum atomic E-state index is -0.00824. The summed E-state index contributed by atoms with van der Waals surface area (Å²) in [6, 6.07) is 3.96. The summed E-state index contributed by atoms with van der Waals surface area (Å²) in [7, 11) is 4.86. The van der Waals surface area contributed by atoms with Gasteiger partial charge in [0.2, 0.25) is 5.91 Å². The molecule has 0 radical (unpaired) electrons. The monoisotopic (exact) mass is 308 g/mol. The van der Waals surface area contributed by atoms with E-state index < -0.39 is 0 Å². The molecule has 1 heterocycles. The van der Waals surface area contributed by atoms with Crippen LogP contribution in [-0.2, 0) is 16.0 Å². The Hall–Kier alpha value is -1.79. The number of ether oxygens (including phenoxy) is 3. The van der Waals surface area contributed by atoms with Crippen molar-refractivity contribution in [3.05, 3.63) is 23.3 Å². The van der Waals surface area contributed by atoms with E-state index in [-0.39, 0.29) is 11.9 Å². The molecule has 1 amide bonds. The van der Waals surface area contributed by atoms with Crippen molar-refractivity contribution in [1.82, 2.24) is 10.6 Å². The number of hydrogen-bond acceptors (Lipinski definition) is 5. The van der Waals surface area contributed by atoms with Gasteiger partial charge in [-0.1, -0.05) is 0 Å².